The van der Waals surface area contributed by atoms with E-state index in [-0.39, 0.29) is 5.54 Å². The fourth-order valence-electron chi connectivity index (χ4n) is 2.24. The molecule has 1 fully saturated rings. The SMILES string of the molecule is CC1(Nc2nncc3ccccc23)CCC1. The Labute approximate surface area is 94.9 Å². The summed E-state index contributed by atoms with van der Waals surface area (Å²) in [6, 6.07) is 8.23. The quantitative estimate of drug-likeness (QED) is 0.833. The molecule has 1 aromatic heterocycles. The van der Waals surface area contributed by atoms with Crippen LogP contribution in [0.1, 0.15) is 26.2 Å². The summed E-state index contributed by atoms with van der Waals surface area (Å²) in [5.74, 6) is 0.917. The lowest BCUT2D eigenvalue weighted by Crippen LogP contribution is -2.42. The second-order valence-electron chi connectivity index (χ2n) is 4.82. The zero-order valence-corrected chi connectivity index (χ0v) is 9.40. The minimum atomic E-state index is 0.221. The van der Waals surface area contributed by atoms with Gasteiger partial charge in [-0.1, -0.05) is 24.3 Å². The van der Waals surface area contributed by atoms with Crippen LogP contribution in [0, 0.1) is 0 Å². The molecule has 0 aliphatic heterocycles. The highest BCUT2D eigenvalue weighted by Crippen LogP contribution is 2.35. The van der Waals surface area contributed by atoms with E-state index in [1.165, 1.54) is 19.3 Å². The van der Waals surface area contributed by atoms with Gasteiger partial charge in [0.15, 0.2) is 5.82 Å². The Balaban J connectivity index is 2.03. The highest BCUT2D eigenvalue weighted by molar-refractivity contribution is 5.91. The standard InChI is InChI=1S/C13H15N3/c1-13(7-4-8-13)15-12-11-6-3-2-5-10(11)9-14-16-12/h2-3,5-6,9H,4,7-8H2,1H3,(H,15,16). The van der Waals surface area contributed by atoms with E-state index in [2.05, 4.69) is 34.6 Å². The molecule has 82 valence electrons. The molecular formula is C13H15N3. The molecule has 0 unspecified atom stereocenters. The van der Waals surface area contributed by atoms with E-state index >= 15 is 0 Å². The predicted molar refractivity (Wildman–Crippen MR) is 65.4 cm³/mol. The Morgan fingerprint density at radius 2 is 2.06 bits per heavy atom. The molecule has 0 spiro atoms. The zero-order valence-electron chi connectivity index (χ0n) is 9.40. The monoisotopic (exact) mass is 213 g/mol. The average Bonchev–Trinajstić information content (AvgIpc) is 2.27. The first-order valence-corrected chi connectivity index (χ1v) is 5.75. The summed E-state index contributed by atoms with van der Waals surface area (Å²) in [4.78, 5) is 0. The van der Waals surface area contributed by atoms with E-state index in [0.29, 0.717) is 0 Å². The summed E-state index contributed by atoms with van der Waals surface area (Å²) in [5, 5.41) is 14.1. The van der Waals surface area contributed by atoms with Crippen LogP contribution in [0.4, 0.5) is 5.82 Å². The van der Waals surface area contributed by atoms with Crippen LogP contribution in [-0.4, -0.2) is 15.7 Å². The molecular weight excluding hydrogens is 198 g/mol. The molecule has 0 saturated heterocycles. The van der Waals surface area contributed by atoms with Crippen LogP contribution in [0.3, 0.4) is 0 Å². The Morgan fingerprint density at radius 1 is 1.25 bits per heavy atom. The second-order valence-corrected chi connectivity index (χ2v) is 4.82. The van der Waals surface area contributed by atoms with Gasteiger partial charge in [-0.25, -0.2) is 0 Å². The first-order chi connectivity index (χ1) is 7.77. The summed E-state index contributed by atoms with van der Waals surface area (Å²) in [6.07, 6.45) is 5.56. The lowest BCUT2D eigenvalue weighted by atomic mass is 9.78. The molecule has 1 saturated carbocycles. The largest absolute Gasteiger partial charge is 0.363 e. The third-order valence-corrected chi connectivity index (χ3v) is 3.45. The number of anilines is 1. The molecule has 0 atom stereocenters. The third-order valence-electron chi connectivity index (χ3n) is 3.45. The van der Waals surface area contributed by atoms with Crippen molar-refractivity contribution in [1.29, 1.82) is 0 Å². The maximum Gasteiger partial charge on any atom is 0.156 e. The molecule has 1 aliphatic rings. The minimum Gasteiger partial charge on any atom is -0.363 e. The number of rotatable bonds is 2. The van der Waals surface area contributed by atoms with Gasteiger partial charge >= 0.3 is 0 Å². The molecule has 1 aliphatic carbocycles. The molecule has 0 radical (unpaired) electrons. The van der Waals surface area contributed by atoms with Gasteiger partial charge in [-0.15, -0.1) is 5.10 Å². The highest BCUT2D eigenvalue weighted by Gasteiger charge is 2.32. The molecule has 16 heavy (non-hydrogen) atoms. The molecule has 0 bridgehead atoms. The molecule has 3 nitrogen and oxygen atoms in total. The van der Waals surface area contributed by atoms with Crippen LogP contribution in [0.15, 0.2) is 30.5 Å². The number of hydrogen-bond acceptors (Lipinski definition) is 3. The first kappa shape index (κ1) is 9.58. The van der Waals surface area contributed by atoms with Crippen molar-refractivity contribution < 1.29 is 0 Å². The summed E-state index contributed by atoms with van der Waals surface area (Å²) < 4.78 is 0. The van der Waals surface area contributed by atoms with Gasteiger partial charge in [0.05, 0.1) is 6.20 Å². The average molecular weight is 213 g/mol. The van der Waals surface area contributed by atoms with E-state index in [1.807, 2.05) is 18.3 Å². The summed E-state index contributed by atoms with van der Waals surface area (Å²) >= 11 is 0. The van der Waals surface area contributed by atoms with Gasteiger partial charge in [-0.05, 0) is 26.2 Å². The van der Waals surface area contributed by atoms with Crippen molar-refractivity contribution in [1.82, 2.24) is 10.2 Å². The molecule has 3 rings (SSSR count). The maximum atomic E-state index is 4.21. The van der Waals surface area contributed by atoms with Crippen molar-refractivity contribution in [2.45, 2.75) is 31.7 Å². The summed E-state index contributed by atoms with van der Waals surface area (Å²) in [6.45, 7) is 2.25. The zero-order chi connectivity index (χ0) is 11.0. The first-order valence-electron chi connectivity index (χ1n) is 5.75. The van der Waals surface area contributed by atoms with Crippen molar-refractivity contribution in [2.24, 2.45) is 0 Å². The number of benzene rings is 1. The van der Waals surface area contributed by atoms with Gasteiger partial charge in [0.25, 0.3) is 0 Å². The van der Waals surface area contributed by atoms with Gasteiger partial charge in [0.2, 0.25) is 0 Å². The second kappa shape index (κ2) is 3.44. The van der Waals surface area contributed by atoms with E-state index in [1.54, 1.807) is 0 Å². The number of aromatic nitrogens is 2. The van der Waals surface area contributed by atoms with Gasteiger partial charge in [-0.3, -0.25) is 0 Å². The van der Waals surface area contributed by atoms with Crippen molar-refractivity contribution >= 4 is 16.6 Å². The Morgan fingerprint density at radius 3 is 2.81 bits per heavy atom. The summed E-state index contributed by atoms with van der Waals surface area (Å²) in [7, 11) is 0. The van der Waals surface area contributed by atoms with Gasteiger partial charge in [0, 0.05) is 16.3 Å². The van der Waals surface area contributed by atoms with Gasteiger partial charge in [0.1, 0.15) is 0 Å². The minimum absolute atomic E-state index is 0.221. The van der Waals surface area contributed by atoms with E-state index in [0.717, 1.165) is 16.6 Å². The predicted octanol–water partition coefficient (Wildman–Crippen LogP) is 2.98. The molecule has 1 heterocycles. The fraction of sp³-hybridized carbons (Fsp3) is 0.385. The molecule has 3 heteroatoms. The normalized spacial score (nSPS) is 18.1. The fourth-order valence-corrected chi connectivity index (χ4v) is 2.24. The van der Waals surface area contributed by atoms with Crippen molar-refractivity contribution in [2.75, 3.05) is 5.32 Å². The Bertz CT molecular complexity index is 512. The van der Waals surface area contributed by atoms with Crippen molar-refractivity contribution in [3.8, 4) is 0 Å². The van der Waals surface area contributed by atoms with E-state index in [9.17, 15) is 0 Å². The van der Waals surface area contributed by atoms with Crippen LogP contribution >= 0.6 is 0 Å². The van der Waals surface area contributed by atoms with Crippen LogP contribution < -0.4 is 5.32 Å². The van der Waals surface area contributed by atoms with E-state index in [4.69, 9.17) is 0 Å². The third kappa shape index (κ3) is 1.52. The molecule has 0 amide bonds. The van der Waals surface area contributed by atoms with E-state index < -0.39 is 0 Å². The van der Waals surface area contributed by atoms with Crippen LogP contribution in [0.2, 0.25) is 0 Å². The van der Waals surface area contributed by atoms with Crippen molar-refractivity contribution in [3.05, 3.63) is 30.5 Å². The Hall–Kier alpha value is -1.64. The van der Waals surface area contributed by atoms with Crippen LogP contribution in [0.5, 0.6) is 0 Å². The number of nitrogens with zero attached hydrogens (tertiary/aromatic N) is 2. The lowest BCUT2D eigenvalue weighted by Gasteiger charge is -2.39. The molecule has 1 aromatic carbocycles. The molecule has 1 N–H and O–H groups in total. The maximum absolute atomic E-state index is 4.21. The van der Waals surface area contributed by atoms with Crippen LogP contribution in [-0.2, 0) is 0 Å². The Kier molecular flexibility index (Phi) is 2.06. The smallest absolute Gasteiger partial charge is 0.156 e. The number of hydrogen-bond donors (Lipinski definition) is 1. The lowest BCUT2D eigenvalue weighted by molar-refractivity contribution is 0.306. The highest BCUT2D eigenvalue weighted by atomic mass is 15.2. The topological polar surface area (TPSA) is 37.8 Å². The molecule has 2 aromatic rings. The van der Waals surface area contributed by atoms with Crippen LogP contribution in [0.25, 0.3) is 10.8 Å². The van der Waals surface area contributed by atoms with Gasteiger partial charge < -0.3 is 5.32 Å². The number of fused-ring (bicyclic) bond motifs is 1. The van der Waals surface area contributed by atoms with Gasteiger partial charge in [-0.2, -0.15) is 5.10 Å². The van der Waals surface area contributed by atoms with Crippen molar-refractivity contribution in [3.63, 3.8) is 0 Å². The number of nitrogens with one attached hydrogen (secondary N) is 1. The summed E-state index contributed by atoms with van der Waals surface area (Å²) in [5.41, 5.74) is 0.221.